The van der Waals surface area contributed by atoms with Gasteiger partial charge in [0.15, 0.2) is 0 Å². The van der Waals surface area contributed by atoms with Crippen molar-refractivity contribution in [1.29, 1.82) is 0 Å². The fourth-order valence-electron chi connectivity index (χ4n) is 0.542. The van der Waals surface area contributed by atoms with Crippen LogP contribution in [-0.4, -0.2) is 56.0 Å². The summed E-state index contributed by atoms with van der Waals surface area (Å²) in [5.41, 5.74) is 0. The molecule has 152 valence electrons. The van der Waals surface area contributed by atoms with E-state index in [1.807, 2.05) is 13.8 Å². The van der Waals surface area contributed by atoms with Gasteiger partial charge in [-0.1, -0.05) is 27.2 Å². The summed E-state index contributed by atoms with van der Waals surface area (Å²) in [6.45, 7) is 8.43. The zero-order chi connectivity index (χ0) is 21.3. The van der Waals surface area contributed by atoms with E-state index < -0.39 is 23.9 Å². The van der Waals surface area contributed by atoms with Gasteiger partial charge in [-0.3, -0.25) is 19.2 Å². The maximum atomic E-state index is 9.76. The molecule has 0 atom stereocenters. The Hall–Kier alpha value is -2.16. The molecule has 0 rings (SSSR count). The standard InChI is InChI=1S/C5H10O2.C4H8O2.C3H6O2.C2H4O2.C2H6O/c1-2-3-4-5(6)7;1-2-3-4(5)6;1-2-3(4)5;1-2(3)4;1-2-3/h2-4H2,1H3,(H,6,7);2-3H2,1H3,(H,5,6);2H2,1H3,(H,4,5);1H3,(H,3,4);3H,2H2,1H3. The third-order valence-electron chi connectivity index (χ3n) is 1.51. The molecule has 0 aliphatic rings. The molecule has 0 aromatic carbocycles. The number of hydrogen-bond donors (Lipinski definition) is 5. The van der Waals surface area contributed by atoms with Crippen LogP contribution in [0.15, 0.2) is 0 Å². The Labute approximate surface area is 149 Å². The van der Waals surface area contributed by atoms with E-state index in [1.165, 1.54) is 0 Å². The number of carboxylic acid groups (broad SMARTS) is 4. The normalized spacial score (nSPS) is 7.60. The third-order valence-corrected chi connectivity index (χ3v) is 1.51. The Morgan fingerprint density at radius 3 is 1.00 bits per heavy atom. The number of unbranched alkanes of at least 4 members (excludes halogenated alkanes) is 1. The summed E-state index contributed by atoms with van der Waals surface area (Å²) < 4.78 is 0. The Morgan fingerprint density at radius 2 is 0.960 bits per heavy atom. The van der Waals surface area contributed by atoms with E-state index in [1.54, 1.807) is 13.8 Å². The highest BCUT2D eigenvalue weighted by atomic mass is 16.4. The molecule has 0 aromatic heterocycles. The topological polar surface area (TPSA) is 169 Å². The Bertz CT molecular complexity index is 311. The lowest BCUT2D eigenvalue weighted by Gasteiger charge is -1.85. The van der Waals surface area contributed by atoms with E-state index in [4.69, 9.17) is 30.3 Å². The maximum absolute atomic E-state index is 9.76. The van der Waals surface area contributed by atoms with Crippen LogP contribution in [0.1, 0.15) is 73.1 Å². The van der Waals surface area contributed by atoms with Crippen molar-refractivity contribution in [3.8, 4) is 0 Å². The second-order valence-corrected chi connectivity index (χ2v) is 4.22. The summed E-state index contributed by atoms with van der Waals surface area (Å²) >= 11 is 0. The lowest BCUT2D eigenvalue weighted by atomic mass is 10.3. The highest BCUT2D eigenvalue weighted by Crippen LogP contribution is 1.91. The zero-order valence-corrected chi connectivity index (χ0v) is 15.8. The van der Waals surface area contributed by atoms with Crippen LogP contribution < -0.4 is 0 Å². The fourth-order valence-corrected chi connectivity index (χ4v) is 0.542. The zero-order valence-electron chi connectivity index (χ0n) is 15.8. The van der Waals surface area contributed by atoms with E-state index in [2.05, 4.69) is 0 Å². The number of rotatable bonds is 6. The molecule has 0 saturated heterocycles. The Balaban J connectivity index is -0.0000000687. The van der Waals surface area contributed by atoms with Gasteiger partial charge in [0, 0.05) is 32.8 Å². The number of carbonyl (C=O) groups is 4. The largest absolute Gasteiger partial charge is 0.481 e. The molecule has 0 fully saturated rings. The number of carboxylic acids is 4. The van der Waals surface area contributed by atoms with Crippen molar-refractivity contribution in [1.82, 2.24) is 0 Å². The van der Waals surface area contributed by atoms with Gasteiger partial charge < -0.3 is 25.5 Å². The molecule has 0 aromatic rings. The minimum Gasteiger partial charge on any atom is -0.481 e. The molecule has 0 unspecified atom stereocenters. The first kappa shape index (κ1) is 34.2. The number of aliphatic hydroxyl groups excluding tert-OH is 1. The summed E-state index contributed by atoms with van der Waals surface area (Å²) in [6.07, 6.45) is 3.33. The van der Waals surface area contributed by atoms with Crippen LogP contribution >= 0.6 is 0 Å². The van der Waals surface area contributed by atoms with Crippen molar-refractivity contribution in [2.75, 3.05) is 6.61 Å². The van der Waals surface area contributed by atoms with E-state index in [9.17, 15) is 14.4 Å². The van der Waals surface area contributed by atoms with Crippen molar-refractivity contribution in [3.05, 3.63) is 0 Å². The molecule has 0 amide bonds. The van der Waals surface area contributed by atoms with Gasteiger partial charge in [-0.15, -0.1) is 0 Å². The molecule has 0 saturated carbocycles. The minimum atomic E-state index is -0.833. The van der Waals surface area contributed by atoms with Crippen LogP contribution in [0.25, 0.3) is 0 Å². The first-order valence-electron chi connectivity index (χ1n) is 7.92. The van der Waals surface area contributed by atoms with Crippen molar-refractivity contribution in [2.24, 2.45) is 0 Å². The fraction of sp³-hybridized carbons (Fsp3) is 0.750. The van der Waals surface area contributed by atoms with Gasteiger partial charge >= 0.3 is 17.9 Å². The lowest BCUT2D eigenvalue weighted by molar-refractivity contribution is -0.138. The first-order chi connectivity index (χ1) is 11.5. The molecule has 5 N–H and O–H groups in total. The highest BCUT2D eigenvalue weighted by molar-refractivity contribution is 5.66. The third kappa shape index (κ3) is 184. The van der Waals surface area contributed by atoms with E-state index in [0.717, 1.165) is 26.2 Å². The summed E-state index contributed by atoms with van der Waals surface area (Å²) in [4.78, 5) is 37.7. The second-order valence-electron chi connectivity index (χ2n) is 4.22. The van der Waals surface area contributed by atoms with Crippen LogP contribution in [0.4, 0.5) is 0 Å². The predicted molar refractivity (Wildman–Crippen MR) is 93.7 cm³/mol. The van der Waals surface area contributed by atoms with Crippen molar-refractivity contribution in [2.45, 2.75) is 73.1 Å². The molecule has 9 heteroatoms. The Morgan fingerprint density at radius 1 is 0.680 bits per heavy atom. The molecule has 0 aliphatic heterocycles. The molecular formula is C16H34O9. The number of hydrogen-bond acceptors (Lipinski definition) is 5. The van der Waals surface area contributed by atoms with Gasteiger partial charge in [0.1, 0.15) is 0 Å². The van der Waals surface area contributed by atoms with Crippen LogP contribution in [0.5, 0.6) is 0 Å². The van der Waals surface area contributed by atoms with Crippen molar-refractivity contribution >= 4 is 23.9 Å². The first-order valence-corrected chi connectivity index (χ1v) is 7.92. The number of aliphatic carboxylic acids is 4. The monoisotopic (exact) mass is 370 g/mol. The average Bonchev–Trinajstić information content (AvgIpc) is 2.46. The molecule has 25 heavy (non-hydrogen) atoms. The molecule has 0 radical (unpaired) electrons. The van der Waals surface area contributed by atoms with Gasteiger partial charge in [-0.2, -0.15) is 0 Å². The van der Waals surface area contributed by atoms with E-state index >= 15 is 0 Å². The second kappa shape index (κ2) is 33.4. The van der Waals surface area contributed by atoms with E-state index in [-0.39, 0.29) is 13.0 Å². The van der Waals surface area contributed by atoms with Gasteiger partial charge in [-0.05, 0) is 19.8 Å². The molecule has 0 heterocycles. The van der Waals surface area contributed by atoms with Gasteiger partial charge in [-0.25, -0.2) is 0 Å². The summed E-state index contributed by atoms with van der Waals surface area (Å²) in [7, 11) is 0. The quantitative estimate of drug-likeness (QED) is 0.471. The smallest absolute Gasteiger partial charge is 0.303 e. The molecule has 9 nitrogen and oxygen atoms in total. The molecule has 0 aliphatic carbocycles. The summed E-state index contributed by atoms with van der Waals surface area (Å²) in [5, 5.41) is 38.7. The molecular weight excluding hydrogens is 336 g/mol. The Kier molecular flexibility index (Phi) is 45.8. The van der Waals surface area contributed by atoms with Crippen molar-refractivity contribution in [3.63, 3.8) is 0 Å². The maximum Gasteiger partial charge on any atom is 0.303 e. The highest BCUT2D eigenvalue weighted by Gasteiger charge is 1.90. The molecule has 0 bridgehead atoms. The summed E-state index contributed by atoms with van der Waals surface area (Å²) in [5.74, 6) is -2.98. The van der Waals surface area contributed by atoms with Crippen molar-refractivity contribution < 1.29 is 44.7 Å². The van der Waals surface area contributed by atoms with Gasteiger partial charge in [0.2, 0.25) is 0 Å². The van der Waals surface area contributed by atoms with Crippen LogP contribution in [-0.2, 0) is 19.2 Å². The van der Waals surface area contributed by atoms with E-state index in [0.29, 0.717) is 12.8 Å². The summed E-state index contributed by atoms with van der Waals surface area (Å²) in [6, 6.07) is 0. The minimum absolute atomic E-state index is 0.222. The SMILES string of the molecule is CC(=O)O.CCC(=O)O.CCCC(=O)O.CCCCC(=O)O.CCO. The molecule has 0 spiro atoms. The average molecular weight is 370 g/mol. The van der Waals surface area contributed by atoms with Gasteiger partial charge in [0.05, 0.1) is 0 Å². The van der Waals surface area contributed by atoms with Crippen LogP contribution in [0, 0.1) is 0 Å². The predicted octanol–water partition coefficient (Wildman–Crippen LogP) is 2.70. The lowest BCUT2D eigenvalue weighted by Crippen LogP contribution is -1.91. The van der Waals surface area contributed by atoms with Crippen LogP contribution in [0.2, 0.25) is 0 Å². The van der Waals surface area contributed by atoms with Gasteiger partial charge in [0.25, 0.3) is 5.97 Å². The number of aliphatic hydroxyl groups is 1. The van der Waals surface area contributed by atoms with Crippen LogP contribution in [0.3, 0.4) is 0 Å².